The van der Waals surface area contributed by atoms with Gasteiger partial charge in [-0.15, -0.1) is 5.10 Å². The van der Waals surface area contributed by atoms with Crippen molar-refractivity contribution in [1.29, 1.82) is 0 Å². The van der Waals surface area contributed by atoms with Gasteiger partial charge < -0.3 is 10.2 Å². The van der Waals surface area contributed by atoms with Crippen LogP contribution in [0.5, 0.6) is 0 Å². The van der Waals surface area contributed by atoms with Gasteiger partial charge in [-0.25, -0.2) is 9.37 Å². The second kappa shape index (κ2) is 8.02. The quantitative estimate of drug-likeness (QED) is 0.715. The summed E-state index contributed by atoms with van der Waals surface area (Å²) >= 11 is 0. The molecule has 0 aliphatic carbocycles. The van der Waals surface area contributed by atoms with Crippen LogP contribution in [-0.4, -0.2) is 44.2 Å². The third kappa shape index (κ3) is 4.05. The Morgan fingerprint density at radius 2 is 2.03 bits per heavy atom. The fourth-order valence-corrected chi connectivity index (χ4v) is 3.40. The molecule has 0 atom stereocenters. The van der Waals surface area contributed by atoms with Crippen molar-refractivity contribution >= 4 is 23.2 Å². The summed E-state index contributed by atoms with van der Waals surface area (Å²) in [5.74, 6) is -0.116. The molecule has 0 unspecified atom stereocenters. The van der Waals surface area contributed by atoms with Gasteiger partial charge in [0.05, 0.1) is 12.6 Å². The van der Waals surface area contributed by atoms with E-state index in [2.05, 4.69) is 37.5 Å². The predicted molar refractivity (Wildman–Crippen MR) is 112 cm³/mol. The van der Waals surface area contributed by atoms with E-state index in [0.717, 1.165) is 29.7 Å². The molecule has 0 fully saturated rings. The number of halogens is 1. The first-order valence-corrected chi connectivity index (χ1v) is 9.62. The first-order valence-electron chi connectivity index (χ1n) is 9.62. The maximum atomic E-state index is 14.0. The van der Waals surface area contributed by atoms with E-state index in [9.17, 15) is 9.18 Å². The number of anilines is 2. The van der Waals surface area contributed by atoms with Gasteiger partial charge in [-0.1, -0.05) is 16.7 Å². The normalized spacial score (nSPS) is 14.2. The molecule has 1 aliphatic rings. The van der Waals surface area contributed by atoms with Crippen molar-refractivity contribution in [2.75, 3.05) is 23.3 Å². The van der Waals surface area contributed by atoms with E-state index < -0.39 is 11.7 Å². The summed E-state index contributed by atoms with van der Waals surface area (Å²) in [6, 6.07) is 8.13. The van der Waals surface area contributed by atoms with Gasteiger partial charge in [0.2, 0.25) is 0 Å². The van der Waals surface area contributed by atoms with Crippen LogP contribution in [-0.2, 0) is 7.05 Å². The zero-order valence-corrected chi connectivity index (χ0v) is 17.1. The van der Waals surface area contributed by atoms with Gasteiger partial charge in [0.1, 0.15) is 11.6 Å². The van der Waals surface area contributed by atoms with Gasteiger partial charge in [-0.2, -0.15) is 4.80 Å². The van der Waals surface area contributed by atoms with E-state index in [-0.39, 0.29) is 5.56 Å². The molecule has 3 heterocycles. The van der Waals surface area contributed by atoms with Crippen molar-refractivity contribution in [1.82, 2.24) is 25.2 Å². The van der Waals surface area contributed by atoms with Gasteiger partial charge in [0, 0.05) is 19.3 Å². The van der Waals surface area contributed by atoms with Gasteiger partial charge in [0.15, 0.2) is 0 Å². The molecule has 0 saturated heterocycles. The van der Waals surface area contributed by atoms with Crippen molar-refractivity contribution in [3.8, 4) is 0 Å². The van der Waals surface area contributed by atoms with Crippen LogP contribution in [0.3, 0.4) is 0 Å². The Labute approximate surface area is 173 Å². The average molecular weight is 407 g/mol. The number of tetrazole rings is 1. The molecule has 154 valence electrons. The summed E-state index contributed by atoms with van der Waals surface area (Å²) in [5.41, 5.74) is 4.12. The highest BCUT2D eigenvalue weighted by atomic mass is 19.1. The number of carbonyl (C=O) groups excluding carboxylic acids is 1. The Balaban J connectivity index is 1.49. The van der Waals surface area contributed by atoms with Gasteiger partial charge in [0.25, 0.3) is 11.9 Å². The summed E-state index contributed by atoms with van der Waals surface area (Å²) in [4.78, 5) is 20.2. The average Bonchev–Trinajstić information content (AvgIpc) is 3.15. The molecular weight excluding hydrogens is 385 g/mol. The Hall–Kier alpha value is -3.62. The van der Waals surface area contributed by atoms with Crippen molar-refractivity contribution in [2.24, 2.45) is 7.05 Å². The number of pyridine rings is 1. The summed E-state index contributed by atoms with van der Waals surface area (Å²) in [6.45, 7) is 5.35. The fourth-order valence-electron chi connectivity index (χ4n) is 3.40. The molecule has 9 heteroatoms. The maximum Gasteiger partial charge on any atom is 0.266 e. The zero-order chi connectivity index (χ0) is 21.3. The van der Waals surface area contributed by atoms with Crippen LogP contribution >= 0.6 is 0 Å². The minimum absolute atomic E-state index is 0.00979. The highest BCUT2D eigenvalue weighted by molar-refractivity contribution is 6.04. The van der Waals surface area contributed by atoms with E-state index in [4.69, 9.17) is 0 Å². The van der Waals surface area contributed by atoms with E-state index in [1.807, 2.05) is 6.07 Å². The summed E-state index contributed by atoms with van der Waals surface area (Å²) in [7, 11) is 1.74. The lowest BCUT2D eigenvalue weighted by molar-refractivity contribution is 0.102. The molecule has 3 aromatic rings. The molecule has 4 rings (SSSR count). The van der Waals surface area contributed by atoms with Crippen molar-refractivity contribution in [3.63, 3.8) is 0 Å². The van der Waals surface area contributed by atoms with Crippen molar-refractivity contribution < 1.29 is 9.18 Å². The van der Waals surface area contributed by atoms with E-state index in [0.29, 0.717) is 18.3 Å². The maximum absolute atomic E-state index is 14.0. The lowest BCUT2D eigenvalue weighted by atomic mass is 9.96. The third-order valence-electron chi connectivity index (χ3n) is 5.12. The van der Waals surface area contributed by atoms with Crippen LogP contribution in [0, 0.1) is 12.7 Å². The van der Waals surface area contributed by atoms with Crippen LogP contribution in [0.2, 0.25) is 0 Å². The van der Waals surface area contributed by atoms with E-state index in [1.54, 1.807) is 32.3 Å². The number of rotatable bonds is 4. The largest absolute Gasteiger partial charge is 0.334 e. The smallest absolute Gasteiger partial charge is 0.266 e. The predicted octanol–water partition coefficient (Wildman–Crippen LogP) is 2.99. The number of nitrogens with one attached hydrogen (secondary N) is 1. The molecule has 0 radical (unpaired) electrons. The molecule has 8 nitrogen and oxygen atoms in total. The van der Waals surface area contributed by atoms with Gasteiger partial charge in [-0.3, -0.25) is 4.79 Å². The molecule has 1 aliphatic heterocycles. The van der Waals surface area contributed by atoms with Crippen LogP contribution in [0.4, 0.5) is 16.2 Å². The summed E-state index contributed by atoms with van der Waals surface area (Å²) < 4.78 is 14.0. The Morgan fingerprint density at radius 3 is 2.70 bits per heavy atom. The number of carbonyl (C=O) groups is 1. The number of aromatic nitrogens is 5. The molecular formula is C21H22FN7O. The molecule has 30 heavy (non-hydrogen) atoms. The number of nitrogens with zero attached hydrogens (tertiary/aromatic N) is 6. The number of benzene rings is 1. The third-order valence-corrected chi connectivity index (χ3v) is 5.12. The topological polar surface area (TPSA) is 88.8 Å². The van der Waals surface area contributed by atoms with E-state index in [1.165, 1.54) is 22.5 Å². The van der Waals surface area contributed by atoms with Crippen LogP contribution in [0.25, 0.3) is 5.57 Å². The molecule has 0 bridgehead atoms. The Morgan fingerprint density at radius 1 is 1.20 bits per heavy atom. The molecule has 1 N–H and O–H groups in total. The fraction of sp³-hybridized carbons (Fsp3) is 0.286. The molecule has 1 aromatic carbocycles. The summed E-state index contributed by atoms with van der Waals surface area (Å²) in [6.07, 6.45) is 2.60. The molecule has 0 spiro atoms. The van der Waals surface area contributed by atoms with Gasteiger partial charge in [-0.05, 0) is 66.4 Å². The summed E-state index contributed by atoms with van der Waals surface area (Å²) in [5, 5.41) is 14.9. The van der Waals surface area contributed by atoms with Gasteiger partial charge >= 0.3 is 0 Å². The highest BCUT2D eigenvalue weighted by Gasteiger charge is 2.21. The Kier molecular flexibility index (Phi) is 5.26. The minimum atomic E-state index is -0.551. The molecule has 1 amide bonds. The monoisotopic (exact) mass is 407 g/mol. The SMILES string of the molecule is CC1=C(c2ccc(NC(=O)c3ccc(C)cc3F)nc2)CN(c2nnn(C)n2)CC1. The highest BCUT2D eigenvalue weighted by Crippen LogP contribution is 2.28. The lowest BCUT2D eigenvalue weighted by Gasteiger charge is -2.28. The van der Waals surface area contributed by atoms with Crippen LogP contribution in [0.15, 0.2) is 42.1 Å². The Bertz CT molecular complexity index is 1120. The number of aryl methyl sites for hydroxylation is 2. The molecule has 0 saturated carbocycles. The van der Waals surface area contributed by atoms with Crippen LogP contribution in [0.1, 0.15) is 34.8 Å². The second-order valence-corrected chi connectivity index (χ2v) is 7.38. The first kappa shape index (κ1) is 19.7. The van der Waals surface area contributed by atoms with E-state index >= 15 is 0 Å². The van der Waals surface area contributed by atoms with Crippen molar-refractivity contribution in [2.45, 2.75) is 20.3 Å². The second-order valence-electron chi connectivity index (χ2n) is 7.38. The lowest BCUT2D eigenvalue weighted by Crippen LogP contribution is -2.31. The first-order chi connectivity index (χ1) is 14.4. The molecule has 2 aromatic heterocycles. The van der Waals surface area contributed by atoms with Crippen LogP contribution < -0.4 is 10.2 Å². The minimum Gasteiger partial charge on any atom is -0.334 e. The zero-order valence-electron chi connectivity index (χ0n) is 17.1. The van der Waals surface area contributed by atoms with Crippen molar-refractivity contribution in [3.05, 3.63) is 64.6 Å². The number of hydrogen-bond donors (Lipinski definition) is 1. The standard InChI is InChI=1S/C21H22FN7O/c1-13-4-6-16(18(22)10-13)20(30)24-19-7-5-15(11-23-19)17-12-29(9-8-14(17)2)21-25-27-28(3)26-21/h4-7,10-11H,8-9,12H2,1-3H3,(H,23,24,30). The number of hydrogen-bond acceptors (Lipinski definition) is 6. The number of amides is 1.